The third kappa shape index (κ3) is 5.73. The Labute approximate surface area is 236 Å². The molecule has 202 valence electrons. The summed E-state index contributed by atoms with van der Waals surface area (Å²) >= 11 is 1.08. The smallest absolute Gasteiger partial charge is 0.283 e. The first-order chi connectivity index (χ1) is 19.2. The summed E-state index contributed by atoms with van der Waals surface area (Å²) in [5.41, 5.74) is 2.44. The number of carbonyl (C=O) groups excluding carboxylic acids is 2. The van der Waals surface area contributed by atoms with E-state index in [0.717, 1.165) is 22.2 Å². The number of nitrogens with zero attached hydrogens (tertiary/aromatic N) is 1. The minimum atomic E-state index is -3.82. The number of hydrogen-bond acceptors (Lipinski definition) is 7. The number of benzene rings is 4. The summed E-state index contributed by atoms with van der Waals surface area (Å²) in [5, 5.41) is 3.10. The highest BCUT2D eigenvalue weighted by atomic mass is 32.2. The molecule has 5 rings (SSSR count). The van der Waals surface area contributed by atoms with Crippen LogP contribution in [0.4, 0.5) is 17.1 Å². The maximum atomic E-state index is 13.6. The molecule has 1 heterocycles. The van der Waals surface area contributed by atoms with E-state index in [4.69, 9.17) is 4.74 Å². The second kappa shape index (κ2) is 11.3. The van der Waals surface area contributed by atoms with Crippen LogP contribution < -0.4 is 19.7 Å². The molecule has 0 unspecified atom stereocenters. The molecule has 0 radical (unpaired) electrons. The van der Waals surface area contributed by atoms with Gasteiger partial charge in [0.15, 0.2) is 0 Å². The van der Waals surface area contributed by atoms with E-state index in [9.17, 15) is 18.0 Å². The number of imide groups is 1. The number of rotatable bonds is 9. The number of anilines is 3. The molecule has 10 heteroatoms. The number of ether oxygens (including phenoxy) is 1. The number of hydrogen-bond donors (Lipinski definition) is 2. The number of para-hydroxylation sites is 1. The van der Waals surface area contributed by atoms with Gasteiger partial charge < -0.3 is 10.1 Å². The largest absolute Gasteiger partial charge is 0.497 e. The number of methoxy groups -OCH3 is 1. The number of amides is 2. The Kier molecular flexibility index (Phi) is 7.63. The van der Waals surface area contributed by atoms with Gasteiger partial charge in [0.2, 0.25) is 0 Å². The molecule has 0 aromatic heterocycles. The maximum Gasteiger partial charge on any atom is 0.283 e. The molecule has 4 aromatic rings. The number of aryl methyl sites for hydroxylation is 1. The summed E-state index contributed by atoms with van der Waals surface area (Å²) in [6.07, 6.45) is 0. The molecule has 2 N–H and O–H groups in total. The lowest BCUT2D eigenvalue weighted by molar-refractivity contribution is -0.120. The van der Waals surface area contributed by atoms with Gasteiger partial charge in [-0.3, -0.25) is 14.3 Å². The van der Waals surface area contributed by atoms with Crippen molar-refractivity contribution >= 4 is 50.7 Å². The normalized spacial score (nSPS) is 13.5. The summed E-state index contributed by atoms with van der Waals surface area (Å²) in [7, 11) is -2.26. The van der Waals surface area contributed by atoms with Gasteiger partial charge in [-0.1, -0.05) is 53.7 Å². The lowest BCUT2D eigenvalue weighted by atomic mass is 10.2. The van der Waals surface area contributed by atoms with Crippen molar-refractivity contribution in [1.29, 1.82) is 0 Å². The second-order valence-corrected chi connectivity index (χ2v) is 11.7. The minimum Gasteiger partial charge on any atom is -0.497 e. The zero-order valence-electron chi connectivity index (χ0n) is 21.6. The quantitative estimate of drug-likeness (QED) is 0.245. The van der Waals surface area contributed by atoms with Gasteiger partial charge in [-0.25, -0.2) is 13.3 Å². The van der Waals surface area contributed by atoms with E-state index >= 15 is 0 Å². The first kappa shape index (κ1) is 27.0. The van der Waals surface area contributed by atoms with E-state index in [2.05, 4.69) is 10.0 Å². The van der Waals surface area contributed by atoms with Crippen LogP contribution in [-0.4, -0.2) is 27.3 Å². The number of nitrogens with one attached hydrogen (secondary N) is 2. The van der Waals surface area contributed by atoms with Crippen molar-refractivity contribution in [2.75, 3.05) is 22.0 Å². The monoisotopic (exact) mass is 571 g/mol. The van der Waals surface area contributed by atoms with E-state index in [0.29, 0.717) is 27.7 Å². The molecule has 0 aliphatic carbocycles. The highest BCUT2D eigenvalue weighted by Gasteiger charge is 2.40. The van der Waals surface area contributed by atoms with E-state index in [1.807, 2.05) is 6.92 Å². The predicted molar refractivity (Wildman–Crippen MR) is 157 cm³/mol. The molecule has 0 saturated carbocycles. The lowest BCUT2D eigenvalue weighted by Crippen LogP contribution is -2.32. The highest BCUT2D eigenvalue weighted by molar-refractivity contribution is 8.04. The first-order valence-electron chi connectivity index (χ1n) is 12.2. The topological polar surface area (TPSA) is 105 Å². The van der Waals surface area contributed by atoms with E-state index in [-0.39, 0.29) is 15.5 Å². The molecule has 0 atom stereocenters. The fourth-order valence-corrected chi connectivity index (χ4v) is 6.05. The van der Waals surface area contributed by atoms with Gasteiger partial charge in [-0.05, 0) is 73.7 Å². The van der Waals surface area contributed by atoms with Crippen LogP contribution in [0.1, 0.15) is 5.56 Å². The van der Waals surface area contributed by atoms with Crippen molar-refractivity contribution in [2.24, 2.45) is 0 Å². The summed E-state index contributed by atoms with van der Waals surface area (Å²) in [6.45, 7) is 1.88. The molecule has 0 fully saturated rings. The molecule has 0 saturated heterocycles. The fourth-order valence-electron chi connectivity index (χ4n) is 4.02. The van der Waals surface area contributed by atoms with Crippen LogP contribution in [0, 0.1) is 6.92 Å². The summed E-state index contributed by atoms with van der Waals surface area (Å²) in [4.78, 5) is 29.2. The Morgan fingerprint density at radius 2 is 1.48 bits per heavy atom. The molecule has 0 bridgehead atoms. The fraction of sp³-hybridized carbons (Fsp3) is 0.0667. The minimum absolute atomic E-state index is 0.120. The number of carbonyl (C=O) groups is 2. The van der Waals surface area contributed by atoms with E-state index in [1.165, 1.54) is 0 Å². The van der Waals surface area contributed by atoms with Crippen LogP contribution in [0.2, 0.25) is 0 Å². The van der Waals surface area contributed by atoms with E-state index in [1.54, 1.807) is 110 Å². The molecule has 4 aromatic carbocycles. The molecule has 8 nitrogen and oxygen atoms in total. The number of thioether (sulfide) groups is 1. The van der Waals surface area contributed by atoms with Gasteiger partial charge >= 0.3 is 0 Å². The summed E-state index contributed by atoms with van der Waals surface area (Å²) in [5.74, 6) is -0.327. The van der Waals surface area contributed by atoms with Crippen LogP contribution in [0.3, 0.4) is 0 Å². The highest BCUT2D eigenvalue weighted by Crippen LogP contribution is 2.38. The second-order valence-electron chi connectivity index (χ2n) is 8.89. The lowest BCUT2D eigenvalue weighted by Gasteiger charge is -2.15. The molecule has 40 heavy (non-hydrogen) atoms. The molecular weight excluding hydrogens is 546 g/mol. The van der Waals surface area contributed by atoms with Gasteiger partial charge in [0.1, 0.15) is 16.4 Å². The van der Waals surface area contributed by atoms with Crippen molar-refractivity contribution in [3.05, 3.63) is 119 Å². The van der Waals surface area contributed by atoms with Gasteiger partial charge in [0.25, 0.3) is 21.8 Å². The SMILES string of the molecule is COc1ccc(NC2=C(Sc3cccc(NS(=O)(=O)c4ccc(C)cc4)c3)C(=O)N(c3ccccc3)C2=O)cc1. The van der Waals surface area contributed by atoms with Gasteiger partial charge in [0, 0.05) is 16.3 Å². The Balaban J connectivity index is 1.46. The predicted octanol–water partition coefficient (Wildman–Crippen LogP) is 5.79. The summed E-state index contributed by atoms with van der Waals surface area (Å²) < 4.78 is 33.6. The van der Waals surface area contributed by atoms with Crippen LogP contribution >= 0.6 is 11.8 Å². The van der Waals surface area contributed by atoms with Crippen LogP contribution in [0.25, 0.3) is 0 Å². The van der Waals surface area contributed by atoms with Gasteiger partial charge in [-0.2, -0.15) is 0 Å². The average Bonchev–Trinajstić information content (AvgIpc) is 3.18. The third-order valence-corrected chi connectivity index (χ3v) is 8.52. The van der Waals surface area contributed by atoms with Crippen molar-refractivity contribution in [2.45, 2.75) is 16.7 Å². The summed E-state index contributed by atoms with van der Waals surface area (Å²) in [6, 6.07) is 28.9. The van der Waals surface area contributed by atoms with Crippen LogP contribution in [0.5, 0.6) is 5.75 Å². The Morgan fingerprint density at radius 1 is 0.775 bits per heavy atom. The molecular formula is C30H25N3O5S2. The van der Waals surface area contributed by atoms with Gasteiger partial charge in [0.05, 0.1) is 17.7 Å². The van der Waals surface area contributed by atoms with Crippen molar-refractivity contribution in [3.8, 4) is 5.75 Å². The molecule has 0 spiro atoms. The van der Waals surface area contributed by atoms with Crippen LogP contribution in [-0.2, 0) is 19.6 Å². The average molecular weight is 572 g/mol. The third-order valence-electron chi connectivity index (χ3n) is 6.05. The van der Waals surface area contributed by atoms with Crippen molar-refractivity contribution in [1.82, 2.24) is 0 Å². The van der Waals surface area contributed by atoms with E-state index < -0.39 is 21.8 Å². The maximum absolute atomic E-state index is 13.6. The zero-order valence-corrected chi connectivity index (χ0v) is 23.3. The Morgan fingerprint density at radius 3 is 2.15 bits per heavy atom. The van der Waals surface area contributed by atoms with Crippen LogP contribution in [0.15, 0.2) is 124 Å². The Hall–Kier alpha value is -4.54. The van der Waals surface area contributed by atoms with Gasteiger partial charge in [-0.15, -0.1) is 0 Å². The van der Waals surface area contributed by atoms with Crippen molar-refractivity contribution < 1.29 is 22.7 Å². The standard InChI is InChI=1S/C30H25N3O5S2/c1-20-11-17-26(18-12-20)40(36,37)32-22-7-6-10-25(19-22)39-28-27(31-21-13-15-24(38-2)16-14-21)29(34)33(30(28)35)23-8-4-3-5-9-23/h3-19,31-32H,1-2H3. The molecule has 1 aliphatic rings. The number of sulfonamides is 1. The van der Waals surface area contributed by atoms with Crippen molar-refractivity contribution in [3.63, 3.8) is 0 Å². The molecule has 2 amide bonds. The zero-order chi connectivity index (χ0) is 28.3. The Bertz CT molecular complexity index is 1700. The first-order valence-corrected chi connectivity index (χ1v) is 14.5. The molecule has 1 aliphatic heterocycles.